The summed E-state index contributed by atoms with van der Waals surface area (Å²) in [6, 6.07) is 17.9. The summed E-state index contributed by atoms with van der Waals surface area (Å²) in [5.74, 6) is -0.192. The Balaban J connectivity index is 1.55. The van der Waals surface area contributed by atoms with Crippen molar-refractivity contribution in [3.63, 3.8) is 0 Å². The molecule has 0 aliphatic rings. The number of amides is 2. The van der Waals surface area contributed by atoms with Crippen LogP contribution in [0.4, 0.5) is 0 Å². The number of ether oxygens (including phenoxy) is 3. The molecule has 9 nitrogen and oxygen atoms in total. The third kappa shape index (κ3) is 8.63. The molecule has 3 rings (SSSR count). The third-order valence-electron chi connectivity index (χ3n) is 4.95. The van der Waals surface area contributed by atoms with Crippen LogP contribution in [0.15, 0.2) is 71.8 Å². The number of carbonyl (C=O) groups is 3. The molecule has 3 aromatic carbocycles. The van der Waals surface area contributed by atoms with Gasteiger partial charge in [0, 0.05) is 10.6 Å². The predicted octanol–water partition coefficient (Wildman–Crippen LogP) is 4.63. The Labute approximate surface area is 225 Å². The smallest absolute Gasteiger partial charge is 0.343 e. The van der Waals surface area contributed by atoms with Gasteiger partial charge in [-0.3, -0.25) is 9.59 Å². The van der Waals surface area contributed by atoms with Gasteiger partial charge in [-0.2, -0.15) is 5.10 Å². The van der Waals surface area contributed by atoms with E-state index in [0.29, 0.717) is 46.4 Å². The molecule has 0 saturated heterocycles. The molecule has 0 aliphatic carbocycles. The zero-order valence-electron chi connectivity index (χ0n) is 21.0. The van der Waals surface area contributed by atoms with Gasteiger partial charge in [-0.25, -0.2) is 10.2 Å². The summed E-state index contributed by atoms with van der Waals surface area (Å²) in [5.41, 5.74) is 3.69. The molecule has 0 spiro atoms. The van der Waals surface area contributed by atoms with Gasteiger partial charge in [0.15, 0.2) is 11.5 Å². The Morgan fingerprint density at radius 2 is 1.61 bits per heavy atom. The Bertz CT molecular complexity index is 1280. The normalized spacial score (nSPS) is 10.6. The first kappa shape index (κ1) is 28.2. The molecule has 0 heterocycles. The maximum Gasteiger partial charge on any atom is 0.343 e. The highest BCUT2D eigenvalue weighted by Crippen LogP contribution is 2.29. The van der Waals surface area contributed by atoms with Crippen LogP contribution in [0.3, 0.4) is 0 Å². The molecule has 198 valence electrons. The van der Waals surface area contributed by atoms with E-state index in [4.69, 9.17) is 25.8 Å². The lowest BCUT2D eigenvalue weighted by atomic mass is 10.2. The average Bonchev–Trinajstić information content (AvgIpc) is 2.92. The maximum atomic E-state index is 12.6. The van der Waals surface area contributed by atoms with Crippen LogP contribution in [0.2, 0.25) is 5.02 Å². The Morgan fingerprint density at radius 3 is 2.29 bits per heavy atom. The predicted molar refractivity (Wildman–Crippen MR) is 144 cm³/mol. The van der Waals surface area contributed by atoms with Gasteiger partial charge >= 0.3 is 5.97 Å². The molecule has 0 aromatic heterocycles. The second-order valence-electron chi connectivity index (χ2n) is 7.88. The number of halogens is 1. The van der Waals surface area contributed by atoms with Crippen molar-refractivity contribution in [2.24, 2.45) is 5.10 Å². The second-order valence-corrected chi connectivity index (χ2v) is 8.32. The van der Waals surface area contributed by atoms with Crippen molar-refractivity contribution in [1.82, 2.24) is 10.7 Å². The fourth-order valence-corrected chi connectivity index (χ4v) is 3.23. The summed E-state index contributed by atoms with van der Waals surface area (Å²) >= 11 is 5.81. The lowest BCUT2D eigenvalue weighted by molar-refractivity contribution is -0.120. The van der Waals surface area contributed by atoms with E-state index in [1.54, 1.807) is 73.7 Å². The van der Waals surface area contributed by atoms with Crippen LogP contribution >= 0.6 is 11.6 Å². The number of rotatable bonds is 12. The van der Waals surface area contributed by atoms with Crippen LogP contribution in [0.5, 0.6) is 17.2 Å². The van der Waals surface area contributed by atoms with Gasteiger partial charge in [0.25, 0.3) is 11.8 Å². The molecule has 3 aromatic rings. The van der Waals surface area contributed by atoms with E-state index >= 15 is 0 Å². The van der Waals surface area contributed by atoms with E-state index in [-0.39, 0.29) is 12.3 Å². The topological polar surface area (TPSA) is 115 Å². The largest absolute Gasteiger partial charge is 0.494 e. The highest BCUT2D eigenvalue weighted by atomic mass is 35.5. The zero-order valence-corrected chi connectivity index (χ0v) is 21.8. The van der Waals surface area contributed by atoms with Crippen LogP contribution in [0.25, 0.3) is 0 Å². The molecule has 0 fully saturated rings. The highest BCUT2D eigenvalue weighted by molar-refractivity contribution is 6.30. The molecule has 38 heavy (non-hydrogen) atoms. The Morgan fingerprint density at radius 1 is 0.895 bits per heavy atom. The SMILES string of the molecule is CCCOc1ccc(C(=O)Oc2ccc(/C=N/NC(=O)CNC(=O)c3ccc(Cl)cc3)cc2OCC)cc1. The summed E-state index contributed by atoms with van der Waals surface area (Å²) in [6.45, 7) is 4.51. The van der Waals surface area contributed by atoms with Crippen LogP contribution in [-0.2, 0) is 4.79 Å². The van der Waals surface area contributed by atoms with E-state index in [0.717, 1.165) is 6.42 Å². The minimum atomic E-state index is -0.540. The fourth-order valence-electron chi connectivity index (χ4n) is 3.11. The van der Waals surface area contributed by atoms with E-state index in [2.05, 4.69) is 15.8 Å². The van der Waals surface area contributed by atoms with Crippen LogP contribution in [0, 0.1) is 0 Å². The number of esters is 1. The molecule has 10 heteroatoms. The van der Waals surface area contributed by atoms with Crippen molar-refractivity contribution in [2.75, 3.05) is 19.8 Å². The molecule has 0 radical (unpaired) electrons. The van der Waals surface area contributed by atoms with Crippen molar-refractivity contribution < 1.29 is 28.6 Å². The standard InChI is InChI=1S/C28H28ClN3O6/c1-3-15-37-23-12-8-21(9-13-23)28(35)38-24-14-5-19(16-25(24)36-4-2)17-31-32-26(33)18-30-27(34)20-6-10-22(29)11-7-20/h5-14,16-17H,3-4,15,18H2,1-2H3,(H,30,34)(H,32,33)/b31-17+. The molecule has 0 bridgehead atoms. The van der Waals surface area contributed by atoms with Crippen molar-refractivity contribution in [3.05, 3.63) is 88.4 Å². The highest BCUT2D eigenvalue weighted by Gasteiger charge is 2.14. The van der Waals surface area contributed by atoms with Crippen LogP contribution in [-0.4, -0.2) is 43.8 Å². The first-order valence-corrected chi connectivity index (χ1v) is 12.3. The summed E-state index contributed by atoms with van der Waals surface area (Å²) in [4.78, 5) is 36.7. The van der Waals surface area contributed by atoms with E-state index in [1.165, 1.54) is 6.21 Å². The molecule has 0 unspecified atom stereocenters. The molecular formula is C28H28ClN3O6. The van der Waals surface area contributed by atoms with E-state index in [9.17, 15) is 14.4 Å². The summed E-state index contributed by atoms with van der Waals surface area (Å²) in [6.07, 6.45) is 2.29. The van der Waals surface area contributed by atoms with Crippen molar-refractivity contribution in [1.29, 1.82) is 0 Å². The molecular weight excluding hydrogens is 510 g/mol. The Hall–Kier alpha value is -4.37. The summed E-state index contributed by atoms with van der Waals surface area (Å²) < 4.78 is 16.7. The van der Waals surface area contributed by atoms with Crippen molar-refractivity contribution in [2.45, 2.75) is 20.3 Å². The van der Waals surface area contributed by atoms with E-state index in [1.807, 2.05) is 6.92 Å². The minimum absolute atomic E-state index is 0.245. The Kier molecular flexibility index (Phi) is 10.7. The lowest BCUT2D eigenvalue weighted by Crippen LogP contribution is -2.34. The fraction of sp³-hybridized carbons (Fsp3) is 0.214. The first-order valence-electron chi connectivity index (χ1n) is 12.0. The molecule has 0 aliphatic heterocycles. The molecule has 2 amide bonds. The number of nitrogens with one attached hydrogen (secondary N) is 2. The van der Waals surface area contributed by atoms with Crippen LogP contribution < -0.4 is 25.0 Å². The molecule has 0 saturated carbocycles. The average molecular weight is 538 g/mol. The number of benzene rings is 3. The van der Waals surface area contributed by atoms with Gasteiger partial charge in [0.2, 0.25) is 0 Å². The van der Waals surface area contributed by atoms with Gasteiger partial charge in [0.1, 0.15) is 5.75 Å². The van der Waals surface area contributed by atoms with Crippen molar-refractivity contribution >= 4 is 35.6 Å². The number of hydrogen-bond donors (Lipinski definition) is 2. The minimum Gasteiger partial charge on any atom is -0.494 e. The van der Waals surface area contributed by atoms with Crippen LogP contribution in [0.1, 0.15) is 46.5 Å². The molecule has 2 N–H and O–H groups in total. The van der Waals surface area contributed by atoms with E-state index < -0.39 is 17.8 Å². The maximum absolute atomic E-state index is 12.6. The molecule has 0 atom stereocenters. The van der Waals surface area contributed by atoms with Gasteiger partial charge in [-0.15, -0.1) is 0 Å². The zero-order chi connectivity index (χ0) is 27.3. The third-order valence-corrected chi connectivity index (χ3v) is 5.20. The second kappa shape index (κ2) is 14.4. The number of hydrazone groups is 1. The first-order chi connectivity index (χ1) is 18.4. The monoisotopic (exact) mass is 537 g/mol. The number of hydrogen-bond acceptors (Lipinski definition) is 7. The summed E-state index contributed by atoms with van der Waals surface area (Å²) in [7, 11) is 0. The van der Waals surface area contributed by atoms with Gasteiger partial charge in [-0.1, -0.05) is 18.5 Å². The van der Waals surface area contributed by atoms with Gasteiger partial charge in [-0.05, 0) is 85.6 Å². The van der Waals surface area contributed by atoms with Gasteiger partial charge < -0.3 is 19.5 Å². The lowest BCUT2D eigenvalue weighted by Gasteiger charge is -2.12. The van der Waals surface area contributed by atoms with Gasteiger partial charge in [0.05, 0.1) is 31.5 Å². The number of carbonyl (C=O) groups excluding carboxylic acids is 3. The van der Waals surface area contributed by atoms with Crippen molar-refractivity contribution in [3.8, 4) is 17.2 Å². The summed E-state index contributed by atoms with van der Waals surface area (Å²) in [5, 5.41) is 6.91. The quantitative estimate of drug-likeness (QED) is 0.151. The number of nitrogens with zero attached hydrogens (tertiary/aromatic N) is 1.